The summed E-state index contributed by atoms with van der Waals surface area (Å²) in [5.41, 5.74) is 0.501. The fraction of sp³-hybridized carbons (Fsp3) is 0.243. The van der Waals surface area contributed by atoms with Gasteiger partial charge in [0.1, 0.15) is 5.75 Å². The van der Waals surface area contributed by atoms with Crippen LogP contribution in [0.5, 0.6) is 5.75 Å². The quantitative estimate of drug-likeness (QED) is 0.129. The Bertz CT molecular complexity index is 2070. The Morgan fingerprint density at radius 1 is 0.787 bits per heavy atom. The predicted octanol–water partition coefficient (Wildman–Crippen LogP) is 5.89. The molecule has 10 heteroatoms. The third-order valence-electron chi connectivity index (χ3n) is 10.9. The maximum Gasteiger partial charge on any atom is 0.269 e. The van der Waals surface area contributed by atoms with E-state index >= 15 is 0 Å². The van der Waals surface area contributed by atoms with Crippen LogP contribution in [0, 0.1) is 39.2 Å². The van der Waals surface area contributed by atoms with E-state index in [2.05, 4.69) is 0 Å². The van der Waals surface area contributed by atoms with Crippen molar-refractivity contribution in [3.05, 3.63) is 118 Å². The van der Waals surface area contributed by atoms with Crippen LogP contribution in [0.4, 0.5) is 17.1 Å². The first-order valence-corrected chi connectivity index (χ1v) is 15.6. The molecule has 6 atom stereocenters. The summed E-state index contributed by atoms with van der Waals surface area (Å²) in [5.74, 6) is -5.22. The second kappa shape index (κ2) is 10.2. The molecule has 0 radical (unpaired) electrons. The van der Waals surface area contributed by atoms with Gasteiger partial charge in [-0.2, -0.15) is 0 Å². The molecule has 1 saturated carbocycles. The highest BCUT2D eigenvalue weighted by molar-refractivity contribution is 6.25. The lowest BCUT2D eigenvalue weighted by Crippen LogP contribution is -2.48. The smallest absolute Gasteiger partial charge is 0.269 e. The molecule has 47 heavy (non-hydrogen) atoms. The molecule has 234 valence electrons. The maximum absolute atomic E-state index is 14.6. The third-order valence-corrected chi connectivity index (χ3v) is 10.9. The number of aromatic hydroxyl groups is 1. The topological polar surface area (TPSA) is 138 Å². The van der Waals surface area contributed by atoms with Crippen molar-refractivity contribution in [2.45, 2.75) is 25.7 Å². The van der Waals surface area contributed by atoms with Crippen LogP contribution in [0.3, 0.4) is 0 Å². The number of anilines is 2. The van der Waals surface area contributed by atoms with Crippen molar-refractivity contribution in [1.82, 2.24) is 0 Å². The number of amides is 4. The summed E-state index contributed by atoms with van der Waals surface area (Å²) in [6.45, 7) is 1.79. The Balaban J connectivity index is 1.28. The molecule has 2 aliphatic carbocycles. The van der Waals surface area contributed by atoms with E-state index in [0.29, 0.717) is 16.6 Å². The van der Waals surface area contributed by atoms with E-state index in [4.69, 9.17) is 0 Å². The van der Waals surface area contributed by atoms with Crippen molar-refractivity contribution >= 4 is 51.5 Å². The molecule has 4 aromatic carbocycles. The summed E-state index contributed by atoms with van der Waals surface area (Å²) in [6, 6.07) is 25.1. The zero-order chi connectivity index (χ0) is 32.8. The van der Waals surface area contributed by atoms with Crippen molar-refractivity contribution in [2.75, 3.05) is 9.80 Å². The summed E-state index contributed by atoms with van der Waals surface area (Å²) in [7, 11) is 0. The van der Waals surface area contributed by atoms with Gasteiger partial charge < -0.3 is 5.11 Å². The lowest BCUT2D eigenvalue weighted by Gasteiger charge is -2.49. The van der Waals surface area contributed by atoms with Crippen molar-refractivity contribution in [2.24, 2.45) is 29.1 Å². The number of allylic oxidation sites excluding steroid dienone is 2. The number of hydrogen-bond donors (Lipinski definition) is 1. The molecule has 2 aliphatic heterocycles. The van der Waals surface area contributed by atoms with E-state index in [1.54, 1.807) is 49.4 Å². The van der Waals surface area contributed by atoms with Gasteiger partial charge in [0.2, 0.25) is 23.6 Å². The van der Waals surface area contributed by atoms with Gasteiger partial charge in [0.15, 0.2) is 0 Å². The van der Waals surface area contributed by atoms with E-state index in [1.165, 1.54) is 29.2 Å². The Morgan fingerprint density at radius 3 is 2.19 bits per heavy atom. The first-order valence-electron chi connectivity index (χ1n) is 15.6. The van der Waals surface area contributed by atoms with Crippen LogP contribution in [-0.2, 0) is 19.2 Å². The number of phenolic OH excluding ortho intramolecular Hbond substituents is 1. The van der Waals surface area contributed by atoms with Crippen molar-refractivity contribution in [3.63, 3.8) is 0 Å². The first-order chi connectivity index (χ1) is 22.6. The average molecular weight is 628 g/mol. The lowest BCUT2D eigenvalue weighted by molar-refractivity contribution is -0.384. The summed E-state index contributed by atoms with van der Waals surface area (Å²) >= 11 is 0. The Labute approximate surface area is 269 Å². The van der Waals surface area contributed by atoms with Gasteiger partial charge in [0.05, 0.1) is 39.5 Å². The standard InChI is InChI=1S/C37H29N3O7/c1-37-29(34(43)39(36(37)45)21-8-3-2-4-9-21)19-28-25(31(37)27-16-11-20-7-5-6-10-24(20)32(27)41)17-18-26-30(28)35(44)38(33(26)42)22-12-14-23(15-13-22)40(46)47/h2-17,26,28-31,41H,18-19H2,1H3/t26-,28+,29-,30-,31+,37+/m0/s1. The molecule has 4 amide bonds. The normalized spacial score (nSPS) is 28.3. The highest BCUT2D eigenvalue weighted by Gasteiger charge is 2.68. The number of benzene rings is 4. The SMILES string of the molecule is C[C@@]12C(=O)N(c3ccccc3)C(=O)[C@@H]1C[C@@H]1C(=CC[C@@H]3C(=O)N(c4ccc([N+](=O)[O-])cc4)C(=O)[C@@H]31)[C@@H]2c1ccc2ccccc2c1O. The second-order valence-corrected chi connectivity index (χ2v) is 13.0. The average Bonchev–Trinajstić information content (AvgIpc) is 3.45. The van der Waals surface area contributed by atoms with Gasteiger partial charge in [0.25, 0.3) is 5.69 Å². The second-order valence-electron chi connectivity index (χ2n) is 13.0. The van der Waals surface area contributed by atoms with Crippen molar-refractivity contribution in [3.8, 4) is 5.75 Å². The summed E-state index contributed by atoms with van der Waals surface area (Å²) in [4.78, 5) is 70.0. The molecule has 4 aromatic rings. The monoisotopic (exact) mass is 627 g/mol. The number of rotatable bonds is 4. The number of nitro benzene ring substituents is 1. The number of carbonyl (C=O) groups is 4. The Kier molecular flexibility index (Phi) is 6.24. The van der Waals surface area contributed by atoms with Gasteiger partial charge in [-0.15, -0.1) is 0 Å². The number of carbonyl (C=O) groups excluding carboxylic acids is 4. The fourth-order valence-electron chi connectivity index (χ4n) is 8.67. The van der Waals surface area contributed by atoms with E-state index in [1.807, 2.05) is 30.3 Å². The third kappa shape index (κ3) is 3.90. The van der Waals surface area contributed by atoms with Crippen LogP contribution < -0.4 is 9.80 Å². The van der Waals surface area contributed by atoms with Crippen molar-refractivity contribution < 1.29 is 29.2 Å². The largest absolute Gasteiger partial charge is 0.507 e. The summed E-state index contributed by atoms with van der Waals surface area (Å²) in [6.07, 6.45) is 2.34. The highest BCUT2D eigenvalue weighted by atomic mass is 16.6. The molecule has 3 fully saturated rings. The molecular weight excluding hydrogens is 598 g/mol. The number of nitro groups is 1. The summed E-state index contributed by atoms with van der Waals surface area (Å²) < 4.78 is 0. The van der Waals surface area contributed by atoms with Crippen LogP contribution in [0.2, 0.25) is 0 Å². The zero-order valence-electron chi connectivity index (χ0n) is 25.3. The Morgan fingerprint density at radius 2 is 1.47 bits per heavy atom. The molecule has 4 aliphatic rings. The minimum atomic E-state index is -1.29. The number of para-hydroxylation sites is 1. The van der Waals surface area contributed by atoms with E-state index in [-0.39, 0.29) is 41.8 Å². The van der Waals surface area contributed by atoms with Gasteiger partial charge in [-0.1, -0.05) is 66.2 Å². The minimum absolute atomic E-state index is 0.0106. The maximum atomic E-state index is 14.6. The van der Waals surface area contributed by atoms with Gasteiger partial charge in [0, 0.05) is 29.0 Å². The molecule has 0 unspecified atom stereocenters. The van der Waals surface area contributed by atoms with E-state index < -0.39 is 51.7 Å². The number of nitrogens with zero attached hydrogens (tertiary/aromatic N) is 3. The molecule has 0 aromatic heterocycles. The predicted molar refractivity (Wildman–Crippen MR) is 172 cm³/mol. The molecule has 2 saturated heterocycles. The highest BCUT2D eigenvalue weighted by Crippen LogP contribution is 2.64. The minimum Gasteiger partial charge on any atom is -0.507 e. The zero-order valence-corrected chi connectivity index (χ0v) is 25.3. The molecule has 8 rings (SSSR count). The molecular formula is C37H29N3O7. The van der Waals surface area contributed by atoms with Crippen LogP contribution >= 0.6 is 0 Å². The lowest BCUT2D eigenvalue weighted by atomic mass is 9.51. The van der Waals surface area contributed by atoms with Crippen LogP contribution in [0.1, 0.15) is 31.2 Å². The van der Waals surface area contributed by atoms with Crippen molar-refractivity contribution in [1.29, 1.82) is 0 Å². The van der Waals surface area contributed by atoms with Crippen LogP contribution in [-0.4, -0.2) is 33.7 Å². The van der Waals surface area contributed by atoms with E-state index in [9.17, 15) is 34.4 Å². The molecule has 1 N–H and O–H groups in total. The van der Waals surface area contributed by atoms with Crippen LogP contribution in [0.25, 0.3) is 10.8 Å². The number of imide groups is 2. The van der Waals surface area contributed by atoms with Gasteiger partial charge in [-0.25, -0.2) is 4.90 Å². The number of hydrogen-bond acceptors (Lipinski definition) is 7. The van der Waals surface area contributed by atoms with Gasteiger partial charge in [-0.05, 0) is 55.3 Å². The first kappa shape index (κ1) is 28.8. The van der Waals surface area contributed by atoms with Gasteiger partial charge >= 0.3 is 0 Å². The number of phenols is 1. The van der Waals surface area contributed by atoms with E-state index in [0.717, 1.165) is 15.9 Å². The van der Waals surface area contributed by atoms with Crippen LogP contribution in [0.15, 0.2) is 103 Å². The number of non-ortho nitro benzene ring substituents is 1. The number of fused-ring (bicyclic) bond motifs is 5. The fourth-order valence-corrected chi connectivity index (χ4v) is 8.67. The Hall–Kier alpha value is -5.64. The molecule has 0 spiro atoms. The molecule has 10 nitrogen and oxygen atoms in total. The molecule has 2 heterocycles. The summed E-state index contributed by atoms with van der Waals surface area (Å²) in [5, 5.41) is 24.4. The molecule has 0 bridgehead atoms. The van der Waals surface area contributed by atoms with Gasteiger partial charge in [-0.3, -0.25) is 34.2 Å².